The second-order valence-electron chi connectivity index (χ2n) is 14.9. The minimum Gasteiger partial charge on any atom is -0.387 e. The van der Waals surface area contributed by atoms with Crippen molar-refractivity contribution in [1.82, 2.24) is 4.90 Å². The van der Waals surface area contributed by atoms with Gasteiger partial charge in [0, 0.05) is 70.7 Å². The zero-order chi connectivity index (χ0) is 40.6. The molecule has 6 aromatic rings. The molecule has 0 aliphatic carbocycles. The highest BCUT2D eigenvalue weighted by molar-refractivity contribution is 6.26. The highest BCUT2D eigenvalue weighted by Gasteiger charge is 2.32. The van der Waals surface area contributed by atoms with Gasteiger partial charge in [0.15, 0.2) is 11.7 Å². The second kappa shape index (κ2) is 15.4. The summed E-state index contributed by atoms with van der Waals surface area (Å²) in [6, 6.07) is 47.1. The van der Waals surface area contributed by atoms with Crippen LogP contribution >= 0.6 is 0 Å². The molecule has 3 heterocycles. The molecule has 9 nitrogen and oxygen atoms in total. The Hall–Kier alpha value is -7.52. The van der Waals surface area contributed by atoms with Crippen LogP contribution in [0.5, 0.6) is 0 Å². The molecule has 9 heteroatoms. The SMILES string of the molecule is CNc1cc(N(c2ccc(C)cc2)c2ccc(C)cc2)ccc1C1=NC2=CC=CC3=NC(c4ccc(N(c5ccc(C)cc5)c5ccc(C)cc5)cc4NC)=NC(=N1)N23. The van der Waals surface area contributed by atoms with E-state index >= 15 is 0 Å². The zero-order valence-electron chi connectivity index (χ0n) is 34.1. The Bertz CT molecular complexity index is 2520. The lowest BCUT2D eigenvalue weighted by molar-refractivity contribution is 0.711. The lowest BCUT2D eigenvalue weighted by Gasteiger charge is -2.32. The molecule has 0 unspecified atom stereocenters. The predicted octanol–water partition coefficient (Wildman–Crippen LogP) is 11.6. The Balaban J connectivity index is 1.09. The lowest BCUT2D eigenvalue weighted by atomic mass is 10.1. The molecular formula is C50H45N9. The number of aryl methyl sites for hydroxylation is 4. The highest BCUT2D eigenvalue weighted by atomic mass is 15.4. The van der Waals surface area contributed by atoms with Crippen LogP contribution in [0.1, 0.15) is 33.4 Å². The summed E-state index contributed by atoms with van der Waals surface area (Å²) < 4.78 is 0. The maximum atomic E-state index is 5.11. The van der Waals surface area contributed by atoms with E-state index in [1.54, 1.807) is 0 Å². The molecule has 9 rings (SSSR count). The van der Waals surface area contributed by atoms with Gasteiger partial charge in [-0.1, -0.05) is 76.9 Å². The quantitative estimate of drug-likeness (QED) is 0.145. The van der Waals surface area contributed by atoms with Crippen molar-refractivity contribution < 1.29 is 0 Å². The number of guanidine groups is 1. The van der Waals surface area contributed by atoms with E-state index in [1.807, 2.05) is 37.2 Å². The van der Waals surface area contributed by atoms with Crippen LogP contribution in [-0.2, 0) is 0 Å². The van der Waals surface area contributed by atoms with Crippen LogP contribution in [0.15, 0.2) is 177 Å². The van der Waals surface area contributed by atoms with Gasteiger partial charge in [-0.2, -0.15) is 9.98 Å². The van der Waals surface area contributed by atoms with Crippen molar-refractivity contribution >= 4 is 69.0 Å². The third kappa shape index (κ3) is 7.19. The van der Waals surface area contributed by atoms with E-state index in [9.17, 15) is 0 Å². The fourth-order valence-corrected chi connectivity index (χ4v) is 7.50. The summed E-state index contributed by atoms with van der Waals surface area (Å²) in [5.41, 5.74) is 14.7. The number of anilines is 8. The van der Waals surface area contributed by atoms with Crippen molar-refractivity contribution in [3.8, 4) is 0 Å². The molecular weight excluding hydrogens is 727 g/mol. The molecule has 290 valence electrons. The first-order chi connectivity index (χ1) is 28.8. The topological polar surface area (TPSA) is 83.2 Å². The van der Waals surface area contributed by atoms with Gasteiger partial charge in [-0.15, -0.1) is 0 Å². The zero-order valence-corrected chi connectivity index (χ0v) is 34.1. The first-order valence-corrected chi connectivity index (χ1v) is 19.8. The molecule has 0 spiro atoms. The molecule has 0 saturated carbocycles. The van der Waals surface area contributed by atoms with Gasteiger partial charge in [-0.3, -0.25) is 0 Å². The molecule has 59 heavy (non-hydrogen) atoms. The molecule has 6 aromatic carbocycles. The number of allylic oxidation sites excluding steroid dienone is 2. The summed E-state index contributed by atoms with van der Waals surface area (Å²) in [4.78, 5) is 26.8. The van der Waals surface area contributed by atoms with E-state index < -0.39 is 0 Å². The van der Waals surface area contributed by atoms with E-state index in [-0.39, 0.29) is 0 Å². The van der Waals surface area contributed by atoms with E-state index in [0.29, 0.717) is 29.3 Å². The fourth-order valence-electron chi connectivity index (χ4n) is 7.50. The Morgan fingerprint density at radius 2 is 0.831 bits per heavy atom. The second-order valence-corrected chi connectivity index (χ2v) is 14.9. The van der Waals surface area contributed by atoms with Crippen LogP contribution in [0.2, 0.25) is 0 Å². The molecule has 0 atom stereocenters. The Labute approximate surface area is 345 Å². The molecule has 0 aromatic heterocycles. The predicted molar refractivity (Wildman–Crippen MR) is 247 cm³/mol. The number of amidine groups is 3. The van der Waals surface area contributed by atoms with E-state index in [2.05, 4.69) is 182 Å². The summed E-state index contributed by atoms with van der Waals surface area (Å²) in [6.07, 6.45) is 5.91. The van der Waals surface area contributed by atoms with Crippen molar-refractivity contribution in [2.75, 3.05) is 34.5 Å². The van der Waals surface area contributed by atoms with E-state index in [1.165, 1.54) is 22.3 Å². The van der Waals surface area contributed by atoms with Crippen LogP contribution in [0.4, 0.5) is 45.5 Å². The van der Waals surface area contributed by atoms with Gasteiger partial charge in [-0.05, 0) is 125 Å². The van der Waals surface area contributed by atoms with Gasteiger partial charge in [-0.25, -0.2) is 14.9 Å². The first-order valence-electron chi connectivity index (χ1n) is 19.8. The number of benzene rings is 6. The maximum Gasteiger partial charge on any atom is 0.241 e. The van der Waals surface area contributed by atoms with E-state index in [0.717, 1.165) is 56.6 Å². The monoisotopic (exact) mass is 771 g/mol. The van der Waals surface area contributed by atoms with Crippen LogP contribution in [0, 0.1) is 27.7 Å². The Morgan fingerprint density at radius 1 is 0.441 bits per heavy atom. The number of hydrogen-bond donors (Lipinski definition) is 2. The average Bonchev–Trinajstić information content (AvgIpc) is 3.26. The normalized spacial score (nSPS) is 14.0. The maximum absolute atomic E-state index is 5.11. The summed E-state index contributed by atoms with van der Waals surface area (Å²) in [5, 5.41) is 6.87. The number of aliphatic imine (C=N–C) groups is 4. The van der Waals surface area contributed by atoms with Gasteiger partial charge in [0.1, 0.15) is 11.7 Å². The molecule has 0 saturated heterocycles. The average molecular weight is 772 g/mol. The Kier molecular flexibility index (Phi) is 9.70. The highest BCUT2D eigenvalue weighted by Crippen LogP contribution is 2.40. The largest absolute Gasteiger partial charge is 0.387 e. The standard InChI is InChI=1S/C50H45N9/c1-32-10-18-36(19-11-32)57(37-20-12-33(2)13-21-37)40-26-28-42(44(30-40)51-5)48-53-46-8-7-9-47-54-49(56-50(55-48)59(46)47)43-29-27-41(31-45(43)52-6)58(38-22-14-34(3)15-23-38)39-24-16-35(4)17-25-39/h7-31,51-52H,1-6H3. The van der Waals surface area contributed by atoms with Gasteiger partial charge in [0.05, 0.1) is 0 Å². The molecule has 2 N–H and O–H groups in total. The van der Waals surface area contributed by atoms with Crippen LogP contribution < -0.4 is 20.4 Å². The summed E-state index contributed by atoms with van der Waals surface area (Å²) in [7, 11) is 3.86. The molecule has 3 aliphatic rings. The van der Waals surface area contributed by atoms with Crippen molar-refractivity contribution in [2.45, 2.75) is 27.7 Å². The first kappa shape index (κ1) is 37.1. The van der Waals surface area contributed by atoms with Gasteiger partial charge in [0.2, 0.25) is 5.96 Å². The van der Waals surface area contributed by atoms with Crippen molar-refractivity contribution in [3.05, 3.63) is 191 Å². The summed E-state index contributed by atoms with van der Waals surface area (Å²) >= 11 is 0. The molecule has 0 amide bonds. The number of nitrogens with one attached hydrogen (secondary N) is 2. The molecule has 0 radical (unpaired) electrons. The number of rotatable bonds is 10. The van der Waals surface area contributed by atoms with Crippen LogP contribution in [0.25, 0.3) is 0 Å². The fraction of sp³-hybridized carbons (Fsp3) is 0.120. The van der Waals surface area contributed by atoms with Crippen molar-refractivity contribution in [2.24, 2.45) is 20.0 Å². The van der Waals surface area contributed by atoms with Gasteiger partial charge >= 0.3 is 0 Å². The van der Waals surface area contributed by atoms with E-state index in [4.69, 9.17) is 20.0 Å². The minimum absolute atomic E-state index is 0.504. The molecule has 0 bridgehead atoms. The Morgan fingerprint density at radius 3 is 1.24 bits per heavy atom. The lowest BCUT2D eigenvalue weighted by Crippen LogP contribution is -2.41. The minimum atomic E-state index is 0.504. The van der Waals surface area contributed by atoms with Gasteiger partial charge in [0.25, 0.3) is 0 Å². The molecule has 3 aliphatic heterocycles. The van der Waals surface area contributed by atoms with Gasteiger partial charge < -0.3 is 20.4 Å². The number of hydrogen-bond acceptors (Lipinski definition) is 9. The third-order valence-corrected chi connectivity index (χ3v) is 10.7. The smallest absolute Gasteiger partial charge is 0.241 e. The summed E-state index contributed by atoms with van der Waals surface area (Å²) in [5.74, 6) is 3.04. The third-order valence-electron chi connectivity index (χ3n) is 10.7. The van der Waals surface area contributed by atoms with Crippen LogP contribution in [0.3, 0.4) is 0 Å². The summed E-state index contributed by atoms with van der Waals surface area (Å²) in [6.45, 7) is 8.43. The molecule has 0 fully saturated rings. The van der Waals surface area contributed by atoms with Crippen molar-refractivity contribution in [3.63, 3.8) is 0 Å². The van der Waals surface area contributed by atoms with Crippen molar-refractivity contribution in [1.29, 1.82) is 0 Å². The van der Waals surface area contributed by atoms with Crippen LogP contribution in [-0.4, -0.2) is 42.5 Å². The number of nitrogens with zero attached hydrogens (tertiary/aromatic N) is 7.